The van der Waals surface area contributed by atoms with E-state index in [-0.39, 0.29) is 12.5 Å². The van der Waals surface area contributed by atoms with Gasteiger partial charge in [0, 0.05) is 24.0 Å². The highest BCUT2D eigenvalue weighted by atomic mass is 16.2. The maximum absolute atomic E-state index is 12.3. The van der Waals surface area contributed by atoms with E-state index >= 15 is 0 Å². The standard InChI is InChI=1S/C16H15N3O2/c20-10-2-3-12-7-8-17-15(11-12)18-16(21)14-4-1-9-19(14)13-5-6-13/h1,4,7-9,11,13,20H,5-6,10H2,(H,17,18,21). The Morgan fingerprint density at radius 2 is 2.33 bits per heavy atom. The van der Waals surface area contributed by atoms with Crippen LogP contribution in [0.25, 0.3) is 0 Å². The molecule has 2 heterocycles. The Bertz CT molecular complexity index is 720. The minimum Gasteiger partial charge on any atom is -0.384 e. The first kappa shape index (κ1) is 13.4. The Labute approximate surface area is 122 Å². The van der Waals surface area contributed by atoms with Gasteiger partial charge in [0.25, 0.3) is 5.91 Å². The lowest BCUT2D eigenvalue weighted by atomic mass is 10.2. The second-order valence-corrected chi connectivity index (χ2v) is 4.88. The molecule has 1 fully saturated rings. The number of anilines is 1. The number of aliphatic hydroxyl groups excluding tert-OH is 1. The molecule has 0 bridgehead atoms. The van der Waals surface area contributed by atoms with Crippen molar-refractivity contribution in [3.8, 4) is 11.8 Å². The van der Waals surface area contributed by atoms with E-state index in [1.165, 1.54) is 0 Å². The van der Waals surface area contributed by atoms with E-state index in [9.17, 15) is 4.79 Å². The van der Waals surface area contributed by atoms with Gasteiger partial charge in [0.1, 0.15) is 18.1 Å². The Kier molecular flexibility index (Phi) is 3.71. The molecule has 0 spiro atoms. The quantitative estimate of drug-likeness (QED) is 0.843. The topological polar surface area (TPSA) is 67.2 Å². The molecule has 0 aliphatic heterocycles. The second-order valence-electron chi connectivity index (χ2n) is 4.88. The number of nitrogens with one attached hydrogen (secondary N) is 1. The molecule has 0 atom stereocenters. The highest BCUT2D eigenvalue weighted by Crippen LogP contribution is 2.36. The maximum atomic E-state index is 12.3. The number of rotatable bonds is 3. The summed E-state index contributed by atoms with van der Waals surface area (Å²) in [6.07, 6.45) is 5.76. The van der Waals surface area contributed by atoms with Crippen molar-refractivity contribution < 1.29 is 9.90 Å². The molecule has 0 saturated heterocycles. The van der Waals surface area contributed by atoms with Gasteiger partial charge < -0.3 is 15.0 Å². The van der Waals surface area contributed by atoms with Crippen LogP contribution in [0.1, 0.15) is 34.9 Å². The summed E-state index contributed by atoms with van der Waals surface area (Å²) in [5, 5.41) is 11.5. The van der Waals surface area contributed by atoms with Gasteiger partial charge in [-0.15, -0.1) is 0 Å². The van der Waals surface area contributed by atoms with Crippen molar-refractivity contribution in [2.45, 2.75) is 18.9 Å². The van der Waals surface area contributed by atoms with Crippen LogP contribution < -0.4 is 5.32 Å². The number of carbonyl (C=O) groups is 1. The van der Waals surface area contributed by atoms with Gasteiger partial charge in [0.05, 0.1) is 0 Å². The van der Waals surface area contributed by atoms with Crippen LogP contribution >= 0.6 is 0 Å². The highest BCUT2D eigenvalue weighted by Gasteiger charge is 2.26. The Morgan fingerprint density at radius 3 is 3.10 bits per heavy atom. The van der Waals surface area contributed by atoms with Crippen LogP contribution in [0.15, 0.2) is 36.7 Å². The maximum Gasteiger partial charge on any atom is 0.273 e. The van der Waals surface area contributed by atoms with Crippen molar-refractivity contribution in [3.63, 3.8) is 0 Å². The lowest BCUT2D eigenvalue weighted by Gasteiger charge is -2.08. The Morgan fingerprint density at radius 1 is 1.48 bits per heavy atom. The zero-order valence-corrected chi connectivity index (χ0v) is 11.4. The van der Waals surface area contributed by atoms with E-state index in [4.69, 9.17) is 5.11 Å². The predicted molar refractivity (Wildman–Crippen MR) is 78.9 cm³/mol. The molecular weight excluding hydrogens is 266 g/mol. The third kappa shape index (κ3) is 3.12. The fourth-order valence-corrected chi connectivity index (χ4v) is 2.16. The van der Waals surface area contributed by atoms with Crippen LogP contribution in [-0.2, 0) is 0 Å². The molecule has 0 radical (unpaired) electrons. The molecule has 1 amide bonds. The van der Waals surface area contributed by atoms with Gasteiger partial charge in [-0.05, 0) is 37.1 Å². The van der Waals surface area contributed by atoms with Crippen molar-refractivity contribution >= 4 is 11.7 Å². The third-order valence-electron chi connectivity index (χ3n) is 3.27. The molecule has 1 saturated carbocycles. The van der Waals surface area contributed by atoms with Gasteiger partial charge in [0.2, 0.25) is 0 Å². The van der Waals surface area contributed by atoms with Crippen molar-refractivity contribution in [1.29, 1.82) is 0 Å². The van der Waals surface area contributed by atoms with Crippen LogP contribution in [0.2, 0.25) is 0 Å². The molecule has 2 N–H and O–H groups in total. The van der Waals surface area contributed by atoms with Crippen LogP contribution in [0, 0.1) is 11.8 Å². The molecule has 21 heavy (non-hydrogen) atoms. The number of aromatic nitrogens is 2. The first-order valence-corrected chi connectivity index (χ1v) is 6.82. The molecule has 5 nitrogen and oxygen atoms in total. The summed E-state index contributed by atoms with van der Waals surface area (Å²) in [4.78, 5) is 16.4. The zero-order valence-electron chi connectivity index (χ0n) is 11.4. The molecule has 106 valence electrons. The largest absolute Gasteiger partial charge is 0.384 e. The Balaban J connectivity index is 1.76. The molecule has 2 aromatic rings. The molecule has 0 aromatic carbocycles. The number of nitrogens with zero attached hydrogens (tertiary/aromatic N) is 2. The van der Waals surface area contributed by atoms with Crippen molar-refractivity contribution in [2.24, 2.45) is 0 Å². The van der Waals surface area contributed by atoms with Crippen LogP contribution in [0.5, 0.6) is 0 Å². The van der Waals surface area contributed by atoms with Gasteiger partial charge >= 0.3 is 0 Å². The minimum atomic E-state index is -0.196. The van der Waals surface area contributed by atoms with Crippen molar-refractivity contribution in [2.75, 3.05) is 11.9 Å². The van der Waals surface area contributed by atoms with E-state index in [1.807, 2.05) is 22.9 Å². The van der Waals surface area contributed by atoms with E-state index in [0.717, 1.165) is 12.8 Å². The molecular formula is C16H15N3O2. The summed E-state index contributed by atoms with van der Waals surface area (Å²) in [5.41, 5.74) is 1.35. The summed E-state index contributed by atoms with van der Waals surface area (Å²) in [6, 6.07) is 7.55. The SMILES string of the molecule is O=C(Nc1cc(C#CCO)ccn1)c1cccn1C1CC1. The molecule has 1 aliphatic rings. The van der Waals surface area contributed by atoms with E-state index in [2.05, 4.69) is 22.1 Å². The number of hydrogen-bond acceptors (Lipinski definition) is 3. The molecule has 1 aliphatic carbocycles. The second kappa shape index (κ2) is 5.81. The van der Waals surface area contributed by atoms with Crippen LogP contribution in [0.3, 0.4) is 0 Å². The van der Waals surface area contributed by atoms with Gasteiger partial charge in [-0.2, -0.15) is 0 Å². The number of pyridine rings is 1. The summed E-state index contributed by atoms with van der Waals surface area (Å²) in [6.45, 7) is -0.196. The van der Waals surface area contributed by atoms with E-state index in [1.54, 1.807) is 18.3 Å². The lowest BCUT2D eigenvalue weighted by molar-refractivity contribution is 0.101. The van der Waals surface area contributed by atoms with Crippen LogP contribution in [-0.4, -0.2) is 27.2 Å². The molecule has 2 aromatic heterocycles. The van der Waals surface area contributed by atoms with Crippen molar-refractivity contribution in [1.82, 2.24) is 9.55 Å². The normalized spacial score (nSPS) is 13.4. The number of aliphatic hydroxyl groups is 1. The summed E-state index contributed by atoms with van der Waals surface area (Å²) < 4.78 is 2.00. The molecule has 3 rings (SSSR count). The molecule has 0 unspecified atom stereocenters. The summed E-state index contributed by atoms with van der Waals surface area (Å²) in [5.74, 6) is 5.63. The van der Waals surface area contributed by atoms with Gasteiger partial charge in [-0.25, -0.2) is 4.98 Å². The third-order valence-corrected chi connectivity index (χ3v) is 3.27. The zero-order chi connectivity index (χ0) is 14.7. The average Bonchev–Trinajstić information content (AvgIpc) is 3.22. The van der Waals surface area contributed by atoms with Gasteiger partial charge in [0.15, 0.2) is 0 Å². The van der Waals surface area contributed by atoms with Gasteiger partial charge in [-0.1, -0.05) is 11.8 Å². The van der Waals surface area contributed by atoms with Crippen molar-refractivity contribution in [3.05, 3.63) is 47.9 Å². The highest BCUT2D eigenvalue weighted by molar-refractivity contribution is 6.02. The fraction of sp³-hybridized carbons (Fsp3) is 0.250. The predicted octanol–water partition coefficient (Wildman–Crippen LogP) is 1.81. The lowest BCUT2D eigenvalue weighted by Crippen LogP contribution is -2.17. The smallest absolute Gasteiger partial charge is 0.273 e. The van der Waals surface area contributed by atoms with E-state index in [0.29, 0.717) is 23.1 Å². The number of hydrogen-bond donors (Lipinski definition) is 2. The fourth-order valence-electron chi connectivity index (χ4n) is 2.16. The Hall–Kier alpha value is -2.58. The number of amides is 1. The summed E-state index contributed by atoms with van der Waals surface area (Å²) in [7, 11) is 0. The number of carbonyl (C=O) groups excluding carboxylic acids is 1. The minimum absolute atomic E-state index is 0.174. The molecule has 5 heteroatoms. The first-order chi connectivity index (χ1) is 10.3. The van der Waals surface area contributed by atoms with Crippen LogP contribution in [0.4, 0.5) is 5.82 Å². The summed E-state index contributed by atoms with van der Waals surface area (Å²) >= 11 is 0. The first-order valence-electron chi connectivity index (χ1n) is 6.82. The average molecular weight is 281 g/mol. The van der Waals surface area contributed by atoms with E-state index < -0.39 is 0 Å². The van der Waals surface area contributed by atoms with Gasteiger partial charge in [-0.3, -0.25) is 4.79 Å². The monoisotopic (exact) mass is 281 g/mol.